The molecule has 0 saturated carbocycles. The van der Waals surface area contributed by atoms with Gasteiger partial charge in [-0.1, -0.05) is 13.0 Å². The number of benzene rings is 1. The summed E-state index contributed by atoms with van der Waals surface area (Å²) in [5.74, 6) is 1.27. The van der Waals surface area contributed by atoms with E-state index in [9.17, 15) is 0 Å². The lowest BCUT2D eigenvalue weighted by molar-refractivity contribution is 0.238. The molecule has 98 valence electrons. The molecular formula is C14H20N2O2. The molecule has 0 aliphatic heterocycles. The molecule has 4 nitrogen and oxygen atoms in total. The van der Waals surface area contributed by atoms with E-state index in [2.05, 4.69) is 18.3 Å². The van der Waals surface area contributed by atoms with E-state index < -0.39 is 6.10 Å². The minimum atomic E-state index is -0.438. The van der Waals surface area contributed by atoms with Crippen LogP contribution < -0.4 is 14.8 Å². The Morgan fingerprint density at radius 1 is 1.39 bits per heavy atom. The van der Waals surface area contributed by atoms with Gasteiger partial charge in [0.25, 0.3) is 0 Å². The van der Waals surface area contributed by atoms with Crippen molar-refractivity contribution < 1.29 is 9.47 Å². The van der Waals surface area contributed by atoms with Crippen LogP contribution in [0.1, 0.15) is 31.9 Å². The van der Waals surface area contributed by atoms with Gasteiger partial charge in [0, 0.05) is 6.04 Å². The molecule has 1 aromatic rings. The first-order valence-corrected chi connectivity index (χ1v) is 6.07. The van der Waals surface area contributed by atoms with Gasteiger partial charge in [0.15, 0.2) is 17.6 Å². The van der Waals surface area contributed by atoms with E-state index in [0.717, 1.165) is 5.56 Å². The maximum atomic E-state index is 8.91. The van der Waals surface area contributed by atoms with Gasteiger partial charge >= 0.3 is 0 Å². The van der Waals surface area contributed by atoms with Crippen LogP contribution in [0.2, 0.25) is 0 Å². The van der Waals surface area contributed by atoms with E-state index in [1.54, 1.807) is 7.11 Å². The van der Waals surface area contributed by atoms with Crippen LogP contribution in [0.15, 0.2) is 18.2 Å². The van der Waals surface area contributed by atoms with Crippen molar-refractivity contribution >= 4 is 0 Å². The largest absolute Gasteiger partial charge is 0.493 e. The maximum Gasteiger partial charge on any atom is 0.184 e. The number of nitriles is 1. The third-order valence-corrected chi connectivity index (χ3v) is 2.90. The van der Waals surface area contributed by atoms with E-state index in [-0.39, 0.29) is 6.04 Å². The third-order valence-electron chi connectivity index (χ3n) is 2.90. The second kappa shape index (κ2) is 6.87. The van der Waals surface area contributed by atoms with Gasteiger partial charge in [-0.3, -0.25) is 0 Å². The lowest BCUT2D eigenvalue weighted by Crippen LogP contribution is -2.14. The molecule has 0 aromatic heterocycles. The Hall–Kier alpha value is -1.73. The Morgan fingerprint density at radius 2 is 2.11 bits per heavy atom. The average molecular weight is 248 g/mol. The van der Waals surface area contributed by atoms with Crippen LogP contribution in [-0.4, -0.2) is 20.3 Å². The zero-order valence-corrected chi connectivity index (χ0v) is 11.4. The molecule has 0 bridgehead atoms. The average Bonchev–Trinajstić information content (AvgIpc) is 2.43. The fourth-order valence-corrected chi connectivity index (χ4v) is 1.57. The van der Waals surface area contributed by atoms with Crippen molar-refractivity contribution in [3.05, 3.63) is 23.8 Å². The van der Waals surface area contributed by atoms with Crippen molar-refractivity contribution in [2.45, 2.75) is 32.4 Å². The van der Waals surface area contributed by atoms with Gasteiger partial charge in [-0.2, -0.15) is 5.26 Å². The molecule has 0 aliphatic carbocycles. The SMILES string of the molecule is CCC(C#N)Oc1ccc(C(C)NC)cc1OC. The number of hydrogen-bond acceptors (Lipinski definition) is 4. The number of rotatable bonds is 6. The standard InChI is InChI=1S/C14H20N2O2/c1-5-12(9-15)18-13-7-6-11(10(2)16-3)8-14(13)17-4/h6-8,10,12,16H,5H2,1-4H3. The number of nitrogens with zero attached hydrogens (tertiary/aromatic N) is 1. The lowest BCUT2D eigenvalue weighted by atomic mass is 10.1. The highest BCUT2D eigenvalue weighted by molar-refractivity contribution is 5.44. The number of methoxy groups -OCH3 is 1. The Bertz CT molecular complexity index is 426. The Labute approximate surface area is 109 Å². The molecule has 0 saturated heterocycles. The topological polar surface area (TPSA) is 54.3 Å². The van der Waals surface area contributed by atoms with E-state index in [1.165, 1.54) is 0 Å². The maximum absolute atomic E-state index is 8.91. The van der Waals surface area contributed by atoms with Crippen LogP contribution in [0.25, 0.3) is 0 Å². The molecule has 1 aromatic carbocycles. The smallest absolute Gasteiger partial charge is 0.184 e. The van der Waals surface area contributed by atoms with Gasteiger partial charge in [-0.15, -0.1) is 0 Å². The highest BCUT2D eigenvalue weighted by Crippen LogP contribution is 2.31. The lowest BCUT2D eigenvalue weighted by Gasteiger charge is -2.17. The number of hydrogen-bond donors (Lipinski definition) is 1. The predicted molar refractivity (Wildman–Crippen MR) is 70.8 cm³/mol. The minimum absolute atomic E-state index is 0.242. The second-order valence-corrected chi connectivity index (χ2v) is 4.06. The summed E-state index contributed by atoms with van der Waals surface area (Å²) >= 11 is 0. The molecule has 1 rings (SSSR count). The summed E-state index contributed by atoms with van der Waals surface area (Å²) in [6, 6.07) is 8.11. The molecule has 0 heterocycles. The monoisotopic (exact) mass is 248 g/mol. The first-order valence-electron chi connectivity index (χ1n) is 6.07. The molecule has 2 unspecified atom stereocenters. The molecule has 0 amide bonds. The van der Waals surface area contributed by atoms with Crippen LogP contribution in [0, 0.1) is 11.3 Å². The summed E-state index contributed by atoms with van der Waals surface area (Å²) in [5, 5.41) is 12.1. The molecular weight excluding hydrogens is 228 g/mol. The van der Waals surface area contributed by atoms with Crippen molar-refractivity contribution in [3.8, 4) is 17.6 Å². The summed E-state index contributed by atoms with van der Waals surface area (Å²) in [6.07, 6.45) is 0.209. The fourth-order valence-electron chi connectivity index (χ4n) is 1.57. The molecule has 0 fully saturated rings. The molecule has 0 aliphatic rings. The first kappa shape index (κ1) is 14.3. The molecule has 2 atom stereocenters. The fraction of sp³-hybridized carbons (Fsp3) is 0.500. The summed E-state index contributed by atoms with van der Waals surface area (Å²) in [6.45, 7) is 3.98. The van der Waals surface area contributed by atoms with Crippen molar-refractivity contribution in [3.63, 3.8) is 0 Å². The van der Waals surface area contributed by atoms with Crippen LogP contribution in [0.3, 0.4) is 0 Å². The highest BCUT2D eigenvalue weighted by atomic mass is 16.5. The third kappa shape index (κ3) is 3.38. The molecule has 4 heteroatoms. The summed E-state index contributed by atoms with van der Waals surface area (Å²) in [5.41, 5.74) is 1.12. The summed E-state index contributed by atoms with van der Waals surface area (Å²) < 4.78 is 10.9. The van der Waals surface area contributed by atoms with Crippen molar-refractivity contribution in [1.82, 2.24) is 5.32 Å². The van der Waals surface area contributed by atoms with Crippen LogP contribution in [-0.2, 0) is 0 Å². The molecule has 0 spiro atoms. The van der Waals surface area contributed by atoms with E-state index >= 15 is 0 Å². The zero-order chi connectivity index (χ0) is 13.5. The molecule has 18 heavy (non-hydrogen) atoms. The van der Waals surface area contributed by atoms with Crippen LogP contribution in [0.5, 0.6) is 11.5 Å². The van der Waals surface area contributed by atoms with Gasteiger partial charge in [0.2, 0.25) is 0 Å². The van der Waals surface area contributed by atoms with E-state index in [0.29, 0.717) is 17.9 Å². The Kier molecular flexibility index (Phi) is 5.47. The van der Waals surface area contributed by atoms with Crippen molar-refractivity contribution in [2.24, 2.45) is 0 Å². The van der Waals surface area contributed by atoms with Gasteiger partial charge in [-0.25, -0.2) is 0 Å². The number of ether oxygens (including phenoxy) is 2. The first-order chi connectivity index (χ1) is 8.65. The molecule has 0 radical (unpaired) electrons. The molecule has 1 N–H and O–H groups in total. The summed E-state index contributed by atoms with van der Waals surface area (Å²) in [7, 11) is 3.51. The Balaban J connectivity index is 2.97. The van der Waals surface area contributed by atoms with E-state index in [4.69, 9.17) is 14.7 Å². The highest BCUT2D eigenvalue weighted by Gasteiger charge is 2.13. The van der Waals surface area contributed by atoms with Crippen LogP contribution in [0.4, 0.5) is 0 Å². The van der Waals surface area contributed by atoms with Crippen molar-refractivity contribution in [2.75, 3.05) is 14.2 Å². The predicted octanol–water partition coefficient (Wildman–Crippen LogP) is 2.66. The van der Waals surface area contributed by atoms with Crippen LogP contribution >= 0.6 is 0 Å². The summed E-state index contributed by atoms with van der Waals surface area (Å²) in [4.78, 5) is 0. The van der Waals surface area contributed by atoms with E-state index in [1.807, 2.05) is 32.2 Å². The van der Waals surface area contributed by atoms with Crippen molar-refractivity contribution in [1.29, 1.82) is 5.26 Å². The quantitative estimate of drug-likeness (QED) is 0.841. The van der Waals surface area contributed by atoms with Gasteiger partial charge in [0.05, 0.1) is 7.11 Å². The van der Waals surface area contributed by atoms with Gasteiger partial charge in [0.1, 0.15) is 6.07 Å². The van der Waals surface area contributed by atoms with Gasteiger partial charge in [-0.05, 0) is 38.1 Å². The van der Waals surface area contributed by atoms with Gasteiger partial charge < -0.3 is 14.8 Å². The minimum Gasteiger partial charge on any atom is -0.493 e. The second-order valence-electron chi connectivity index (χ2n) is 4.06. The zero-order valence-electron chi connectivity index (χ0n) is 11.4. The number of nitrogens with one attached hydrogen (secondary N) is 1. The Morgan fingerprint density at radius 3 is 2.61 bits per heavy atom. The normalized spacial score (nSPS) is 13.5.